The van der Waals surface area contributed by atoms with Crippen LogP contribution in [0.4, 0.5) is 14.5 Å². The summed E-state index contributed by atoms with van der Waals surface area (Å²) in [6, 6.07) is 2.85. The molecule has 84 valence electrons. The average Bonchev–Trinajstić information content (AvgIpc) is 2.23. The molecule has 0 aromatic heterocycles. The van der Waals surface area contributed by atoms with E-state index < -0.39 is 22.3 Å². The van der Waals surface area contributed by atoms with Crippen molar-refractivity contribution in [1.82, 2.24) is 0 Å². The molecule has 16 heavy (non-hydrogen) atoms. The van der Waals surface area contributed by atoms with Crippen LogP contribution in [-0.4, -0.2) is 11.2 Å². The second kappa shape index (κ2) is 4.96. The van der Waals surface area contributed by atoms with E-state index in [0.717, 1.165) is 18.3 Å². The van der Waals surface area contributed by atoms with Gasteiger partial charge < -0.3 is 5.32 Å². The third-order valence-corrected chi connectivity index (χ3v) is 1.64. The summed E-state index contributed by atoms with van der Waals surface area (Å²) in [5, 5.41) is 12.5. The van der Waals surface area contributed by atoms with Crippen LogP contribution in [0.3, 0.4) is 0 Å². The maximum absolute atomic E-state index is 12.7. The lowest BCUT2D eigenvalue weighted by Gasteiger charge is -2.00. The van der Waals surface area contributed by atoms with Crippen LogP contribution in [0.5, 0.6) is 0 Å². The normalized spacial score (nSPS) is 11.0. The van der Waals surface area contributed by atoms with E-state index in [2.05, 4.69) is 5.32 Å². The van der Waals surface area contributed by atoms with Gasteiger partial charge in [-0.25, -0.2) is 8.78 Å². The summed E-state index contributed by atoms with van der Waals surface area (Å²) in [7, 11) is 0. The van der Waals surface area contributed by atoms with E-state index in [9.17, 15) is 23.7 Å². The second-order valence-corrected chi connectivity index (χ2v) is 2.72. The number of nitrogens with one attached hydrogen (secondary N) is 1. The lowest BCUT2D eigenvalue weighted by Crippen LogP contribution is -2.03. The highest BCUT2D eigenvalue weighted by Crippen LogP contribution is 2.13. The molecule has 1 N–H and O–H groups in total. The Labute approximate surface area is 88.5 Å². The van der Waals surface area contributed by atoms with Gasteiger partial charge in [-0.15, -0.1) is 0 Å². The molecule has 0 saturated carbocycles. The number of nitrogens with zero attached hydrogens (tertiary/aromatic N) is 1. The molecule has 5 nitrogen and oxygen atoms in total. The smallest absolute Gasteiger partial charge is 0.324 e. The highest BCUT2D eigenvalue weighted by atomic mass is 19.2. The molecule has 0 aliphatic carbocycles. The molecule has 1 rings (SSSR count). The van der Waals surface area contributed by atoms with Crippen LogP contribution in [0.2, 0.25) is 0 Å². The number of halogens is 2. The molecule has 0 bridgehead atoms. The number of anilines is 1. The number of carbonyl (C=O) groups excluding carboxylic acids is 1. The Morgan fingerprint density at radius 3 is 2.56 bits per heavy atom. The van der Waals surface area contributed by atoms with Gasteiger partial charge in [-0.05, 0) is 12.1 Å². The van der Waals surface area contributed by atoms with E-state index in [-0.39, 0.29) is 12.0 Å². The van der Waals surface area contributed by atoms with E-state index in [1.54, 1.807) is 0 Å². The van der Waals surface area contributed by atoms with Crippen molar-refractivity contribution in [3.05, 3.63) is 51.8 Å². The number of hydrogen-bond acceptors (Lipinski definition) is 4. The van der Waals surface area contributed by atoms with E-state index in [1.165, 1.54) is 6.07 Å². The fraction of sp³-hybridized carbons (Fsp3) is 0. The Hall–Kier alpha value is -2.31. The lowest BCUT2D eigenvalue weighted by molar-refractivity contribution is -0.417. The number of benzene rings is 1. The molecule has 0 heterocycles. The molecular weight excluding hydrogens is 222 g/mol. The van der Waals surface area contributed by atoms with Crippen molar-refractivity contribution in [1.29, 1.82) is 0 Å². The van der Waals surface area contributed by atoms with Crippen molar-refractivity contribution >= 4 is 12.0 Å². The second-order valence-electron chi connectivity index (χ2n) is 2.72. The number of rotatable bonds is 4. The van der Waals surface area contributed by atoms with Gasteiger partial charge in [-0.3, -0.25) is 14.9 Å². The number of hydrogen-bond donors (Lipinski definition) is 1. The van der Waals surface area contributed by atoms with Crippen LogP contribution in [0.25, 0.3) is 0 Å². The van der Waals surface area contributed by atoms with Gasteiger partial charge in [-0.1, -0.05) is 0 Å². The topological polar surface area (TPSA) is 72.2 Å². The summed E-state index contributed by atoms with van der Waals surface area (Å²) < 4.78 is 25.2. The van der Waals surface area contributed by atoms with E-state index in [1.807, 2.05) is 0 Å². The first kappa shape index (κ1) is 11.8. The highest BCUT2D eigenvalue weighted by Gasteiger charge is 2.08. The van der Waals surface area contributed by atoms with Crippen LogP contribution in [0.15, 0.2) is 30.1 Å². The van der Waals surface area contributed by atoms with Crippen LogP contribution < -0.4 is 5.32 Å². The van der Waals surface area contributed by atoms with Crippen molar-refractivity contribution in [2.75, 3.05) is 5.32 Å². The van der Waals surface area contributed by atoms with Crippen molar-refractivity contribution in [2.45, 2.75) is 0 Å². The molecule has 1 aromatic rings. The van der Waals surface area contributed by atoms with Gasteiger partial charge in [0.25, 0.3) is 0 Å². The van der Waals surface area contributed by atoms with Crippen LogP contribution in [0.1, 0.15) is 0 Å². The molecule has 0 aliphatic heterocycles. The van der Waals surface area contributed by atoms with Gasteiger partial charge in [0, 0.05) is 11.8 Å². The molecule has 0 saturated heterocycles. The maximum atomic E-state index is 12.7. The Kier molecular flexibility index (Phi) is 3.65. The summed E-state index contributed by atoms with van der Waals surface area (Å²) in [6.07, 6.45) is 0.826. The van der Waals surface area contributed by atoms with Crippen molar-refractivity contribution in [3.63, 3.8) is 0 Å². The van der Waals surface area contributed by atoms with Crippen molar-refractivity contribution in [2.24, 2.45) is 0 Å². The first-order valence-electron chi connectivity index (χ1n) is 4.06. The van der Waals surface area contributed by atoms with Gasteiger partial charge in [0.15, 0.2) is 11.6 Å². The molecular formula is C9H6F2N2O3. The molecule has 0 radical (unpaired) electrons. The minimum Gasteiger partial charge on any atom is -0.356 e. The number of carbonyl (C=O) groups is 1. The zero-order valence-corrected chi connectivity index (χ0v) is 7.81. The van der Waals surface area contributed by atoms with E-state index >= 15 is 0 Å². The summed E-state index contributed by atoms with van der Waals surface area (Å²) >= 11 is 0. The zero-order chi connectivity index (χ0) is 12.1. The molecule has 0 unspecified atom stereocenters. The van der Waals surface area contributed by atoms with Gasteiger partial charge in [0.05, 0.1) is 11.1 Å². The minimum absolute atomic E-state index is 0.0346. The fourth-order valence-electron chi connectivity index (χ4n) is 0.873. The Balaban J connectivity index is 2.85. The predicted molar refractivity (Wildman–Crippen MR) is 51.1 cm³/mol. The van der Waals surface area contributed by atoms with Crippen LogP contribution in [0, 0.1) is 21.7 Å². The first-order chi connectivity index (χ1) is 7.54. The SMILES string of the molecule is O=C/C(=C\Nc1ccc(F)c(F)c1)[N+](=O)[O-]. The zero-order valence-electron chi connectivity index (χ0n) is 7.81. The molecule has 7 heteroatoms. The molecule has 0 spiro atoms. The summed E-state index contributed by atoms with van der Waals surface area (Å²) in [5.74, 6) is -2.12. The summed E-state index contributed by atoms with van der Waals surface area (Å²) in [4.78, 5) is 19.5. The van der Waals surface area contributed by atoms with Gasteiger partial charge >= 0.3 is 5.70 Å². The molecule has 0 atom stereocenters. The number of aldehydes is 1. The van der Waals surface area contributed by atoms with Gasteiger partial charge in [0.1, 0.15) is 0 Å². The van der Waals surface area contributed by atoms with Crippen molar-refractivity contribution < 1.29 is 18.5 Å². The molecule has 0 aliphatic rings. The average molecular weight is 228 g/mol. The third kappa shape index (κ3) is 2.84. The fourth-order valence-corrected chi connectivity index (χ4v) is 0.873. The predicted octanol–water partition coefficient (Wildman–Crippen LogP) is 1.69. The van der Waals surface area contributed by atoms with Crippen LogP contribution in [-0.2, 0) is 4.79 Å². The van der Waals surface area contributed by atoms with Gasteiger partial charge in [-0.2, -0.15) is 0 Å². The largest absolute Gasteiger partial charge is 0.356 e. The van der Waals surface area contributed by atoms with Gasteiger partial charge in [0.2, 0.25) is 6.29 Å². The Morgan fingerprint density at radius 1 is 1.38 bits per heavy atom. The summed E-state index contributed by atoms with van der Waals surface area (Å²) in [5.41, 5.74) is -0.621. The lowest BCUT2D eigenvalue weighted by atomic mass is 10.3. The Bertz CT molecular complexity index is 460. The van der Waals surface area contributed by atoms with E-state index in [4.69, 9.17) is 0 Å². The summed E-state index contributed by atoms with van der Waals surface area (Å²) in [6.45, 7) is 0. The van der Waals surface area contributed by atoms with Crippen LogP contribution >= 0.6 is 0 Å². The van der Waals surface area contributed by atoms with Crippen molar-refractivity contribution in [3.8, 4) is 0 Å². The number of allylic oxidation sites excluding steroid dienone is 1. The molecule has 0 fully saturated rings. The number of nitro groups is 1. The maximum Gasteiger partial charge on any atom is 0.324 e. The first-order valence-corrected chi connectivity index (χ1v) is 4.06. The molecule has 0 amide bonds. The Morgan fingerprint density at radius 2 is 2.06 bits per heavy atom. The monoisotopic (exact) mass is 228 g/mol. The van der Waals surface area contributed by atoms with E-state index in [0.29, 0.717) is 0 Å². The molecule has 1 aromatic carbocycles. The third-order valence-electron chi connectivity index (χ3n) is 1.64. The highest BCUT2D eigenvalue weighted by molar-refractivity contribution is 5.70. The quantitative estimate of drug-likeness (QED) is 0.368. The standard InChI is InChI=1S/C9H6F2N2O3/c10-8-2-1-6(3-9(8)11)12-4-7(5-14)13(15)16/h1-5,12H/b7-4+. The minimum atomic E-state index is -1.09.